The number of hydrogen-bond acceptors (Lipinski definition) is 5. The van der Waals surface area contributed by atoms with Gasteiger partial charge in [0.25, 0.3) is 23.4 Å². The molecule has 172 valence electrons. The van der Waals surface area contributed by atoms with Crippen LogP contribution in [0.15, 0.2) is 42.5 Å². The van der Waals surface area contributed by atoms with Crippen LogP contribution in [0.1, 0.15) is 42.1 Å². The lowest BCUT2D eigenvalue weighted by molar-refractivity contribution is -0.384. The van der Waals surface area contributed by atoms with Gasteiger partial charge < -0.3 is 0 Å². The first-order valence-electron chi connectivity index (χ1n) is 10.6. The second-order valence-electron chi connectivity index (χ2n) is 8.52. The van der Waals surface area contributed by atoms with E-state index in [9.17, 15) is 24.5 Å². The summed E-state index contributed by atoms with van der Waals surface area (Å²) in [5, 5.41) is 13.7. The monoisotopic (exact) mass is 489 g/mol. The van der Waals surface area contributed by atoms with Gasteiger partial charge in [0.15, 0.2) is 0 Å². The van der Waals surface area contributed by atoms with Gasteiger partial charge in [-0.1, -0.05) is 36.2 Å². The fourth-order valence-corrected chi connectivity index (χ4v) is 5.00. The van der Waals surface area contributed by atoms with Gasteiger partial charge in [0.2, 0.25) is 0 Å². The predicted octanol–water partition coefficient (Wildman–Crippen LogP) is 4.88. The molecule has 10 heteroatoms. The average Bonchev–Trinajstić information content (AvgIpc) is 3.02. The fourth-order valence-electron chi connectivity index (χ4n) is 4.53. The third kappa shape index (κ3) is 4.45. The van der Waals surface area contributed by atoms with E-state index in [2.05, 4.69) is 0 Å². The van der Waals surface area contributed by atoms with E-state index in [0.29, 0.717) is 29.3 Å². The molecule has 2 aromatic carbocycles. The molecule has 1 heterocycles. The van der Waals surface area contributed by atoms with Crippen molar-refractivity contribution in [1.29, 1.82) is 0 Å². The standard InChI is InChI=1S/C23H21Cl2N3O5/c1-13-2-9-18-19(10-13)23(31)27(22(18)30)26(12-15-3-6-16(24)11-20(15)25)21(29)14-4-7-17(8-5-14)28(32)33/h3-8,11,13,18-19H,2,9-10,12H2,1H3/t13-,18+,19-/m1/s1. The molecular formula is C23H21Cl2N3O5. The summed E-state index contributed by atoms with van der Waals surface area (Å²) in [5.41, 5.74) is 0.432. The third-order valence-corrected chi connectivity index (χ3v) is 6.89. The van der Waals surface area contributed by atoms with Crippen LogP contribution in [0.25, 0.3) is 0 Å². The molecule has 0 radical (unpaired) electrons. The minimum absolute atomic E-state index is 0.106. The molecule has 8 nitrogen and oxygen atoms in total. The van der Waals surface area contributed by atoms with Crippen LogP contribution in [0.3, 0.4) is 0 Å². The van der Waals surface area contributed by atoms with Gasteiger partial charge in [-0.3, -0.25) is 24.5 Å². The van der Waals surface area contributed by atoms with Crippen LogP contribution < -0.4 is 0 Å². The van der Waals surface area contributed by atoms with E-state index >= 15 is 0 Å². The van der Waals surface area contributed by atoms with Crippen LogP contribution in [0.2, 0.25) is 10.0 Å². The van der Waals surface area contributed by atoms with Crippen molar-refractivity contribution in [3.8, 4) is 0 Å². The maximum Gasteiger partial charge on any atom is 0.273 e. The van der Waals surface area contributed by atoms with Crippen LogP contribution >= 0.6 is 23.2 Å². The molecule has 3 amide bonds. The number of imide groups is 1. The summed E-state index contributed by atoms with van der Waals surface area (Å²) >= 11 is 12.3. The Morgan fingerprint density at radius 1 is 1.09 bits per heavy atom. The Morgan fingerprint density at radius 3 is 2.39 bits per heavy atom. The Bertz CT molecular complexity index is 1140. The van der Waals surface area contributed by atoms with E-state index in [1.807, 2.05) is 6.92 Å². The average molecular weight is 490 g/mol. The topological polar surface area (TPSA) is 101 Å². The Labute approximate surface area is 200 Å². The number of amides is 3. The maximum absolute atomic E-state index is 13.5. The quantitative estimate of drug-likeness (QED) is 0.338. The van der Waals surface area contributed by atoms with E-state index in [-0.39, 0.29) is 22.8 Å². The number of rotatable bonds is 5. The number of fused-ring (bicyclic) bond motifs is 1. The summed E-state index contributed by atoms with van der Waals surface area (Å²) in [6.45, 7) is 1.90. The number of carbonyl (C=O) groups excluding carboxylic acids is 3. The van der Waals surface area contributed by atoms with Crippen molar-refractivity contribution in [1.82, 2.24) is 10.0 Å². The first-order valence-corrected chi connectivity index (χ1v) is 11.3. The molecule has 3 atom stereocenters. The summed E-state index contributed by atoms with van der Waals surface area (Å²) in [6.07, 6.45) is 2.02. The van der Waals surface area contributed by atoms with Crippen molar-refractivity contribution in [2.75, 3.05) is 0 Å². The highest BCUT2D eigenvalue weighted by molar-refractivity contribution is 6.35. The molecule has 2 aromatic rings. The highest BCUT2D eigenvalue weighted by atomic mass is 35.5. The SMILES string of the molecule is C[C@@H]1CC[C@@H]2C(=O)N(N(Cc3ccc(Cl)cc3Cl)C(=O)c3ccc([N+](=O)[O-])cc3)C(=O)[C@@H]2C1. The lowest BCUT2D eigenvalue weighted by atomic mass is 9.76. The number of hydrazine groups is 1. The normalized spacial score (nSPS) is 22.3. The summed E-state index contributed by atoms with van der Waals surface area (Å²) in [7, 11) is 0. The van der Waals surface area contributed by atoms with Gasteiger partial charge in [0.05, 0.1) is 23.3 Å². The molecule has 2 aliphatic rings. The molecular weight excluding hydrogens is 469 g/mol. The Morgan fingerprint density at radius 2 is 1.76 bits per heavy atom. The molecule has 1 saturated heterocycles. The lowest BCUT2D eigenvalue weighted by Crippen LogP contribution is -2.49. The van der Waals surface area contributed by atoms with Gasteiger partial charge in [-0.2, -0.15) is 5.01 Å². The van der Waals surface area contributed by atoms with Crippen LogP contribution in [-0.2, 0) is 16.1 Å². The molecule has 4 rings (SSSR count). The number of benzene rings is 2. The molecule has 1 aliphatic carbocycles. The second-order valence-corrected chi connectivity index (χ2v) is 9.37. The first kappa shape index (κ1) is 23.2. The second kappa shape index (κ2) is 9.11. The van der Waals surface area contributed by atoms with Crippen molar-refractivity contribution in [3.05, 3.63) is 73.8 Å². The smallest absolute Gasteiger partial charge is 0.272 e. The molecule has 0 unspecified atom stereocenters. The van der Waals surface area contributed by atoms with Crippen LogP contribution in [-0.4, -0.2) is 32.7 Å². The minimum Gasteiger partial charge on any atom is -0.272 e. The maximum atomic E-state index is 13.5. The highest BCUT2D eigenvalue weighted by Crippen LogP contribution is 2.41. The van der Waals surface area contributed by atoms with Gasteiger partial charge in [0.1, 0.15) is 0 Å². The predicted molar refractivity (Wildman–Crippen MR) is 121 cm³/mol. The molecule has 0 spiro atoms. The van der Waals surface area contributed by atoms with E-state index in [4.69, 9.17) is 23.2 Å². The molecule has 0 aromatic heterocycles. The number of nitro groups is 1. The highest BCUT2D eigenvalue weighted by Gasteiger charge is 2.52. The molecule has 0 bridgehead atoms. The number of nitrogens with zero attached hydrogens (tertiary/aromatic N) is 3. The summed E-state index contributed by atoms with van der Waals surface area (Å²) in [6, 6.07) is 9.76. The molecule has 2 fully saturated rings. The van der Waals surface area contributed by atoms with Crippen molar-refractivity contribution < 1.29 is 19.3 Å². The van der Waals surface area contributed by atoms with E-state index in [1.54, 1.807) is 12.1 Å². The summed E-state index contributed by atoms with van der Waals surface area (Å²) in [4.78, 5) is 50.5. The van der Waals surface area contributed by atoms with Crippen molar-refractivity contribution in [3.63, 3.8) is 0 Å². The van der Waals surface area contributed by atoms with E-state index in [0.717, 1.165) is 16.4 Å². The number of non-ortho nitro benzene ring substituents is 1. The first-order chi connectivity index (χ1) is 15.7. The molecule has 1 saturated carbocycles. The zero-order chi connectivity index (χ0) is 23.9. The number of halogens is 2. The van der Waals surface area contributed by atoms with E-state index in [1.165, 1.54) is 30.3 Å². The number of nitro benzene ring substituents is 1. The lowest BCUT2D eigenvalue weighted by Gasteiger charge is -2.31. The Hall–Kier alpha value is -2.97. The van der Waals surface area contributed by atoms with Gasteiger partial charge in [-0.05, 0) is 55.0 Å². The Balaban J connectivity index is 1.72. The van der Waals surface area contributed by atoms with Crippen LogP contribution in [0.4, 0.5) is 5.69 Å². The van der Waals surface area contributed by atoms with Gasteiger partial charge in [0, 0.05) is 27.7 Å². The van der Waals surface area contributed by atoms with Crippen molar-refractivity contribution in [2.24, 2.45) is 17.8 Å². The van der Waals surface area contributed by atoms with E-state index < -0.39 is 34.5 Å². The number of carbonyl (C=O) groups is 3. The summed E-state index contributed by atoms with van der Waals surface area (Å²) < 4.78 is 0. The van der Waals surface area contributed by atoms with Gasteiger partial charge in [-0.15, -0.1) is 0 Å². The molecule has 1 aliphatic heterocycles. The van der Waals surface area contributed by atoms with Crippen LogP contribution in [0.5, 0.6) is 0 Å². The number of hydrogen-bond donors (Lipinski definition) is 0. The summed E-state index contributed by atoms with van der Waals surface area (Å²) in [5.74, 6) is -2.05. The largest absolute Gasteiger partial charge is 0.273 e. The van der Waals surface area contributed by atoms with Crippen LogP contribution in [0, 0.1) is 27.9 Å². The molecule has 0 N–H and O–H groups in total. The molecule has 33 heavy (non-hydrogen) atoms. The minimum atomic E-state index is -0.635. The Kier molecular flexibility index (Phi) is 6.41. The third-order valence-electron chi connectivity index (χ3n) is 6.30. The zero-order valence-electron chi connectivity index (χ0n) is 17.7. The van der Waals surface area contributed by atoms with Gasteiger partial charge >= 0.3 is 0 Å². The van der Waals surface area contributed by atoms with Crippen molar-refractivity contribution in [2.45, 2.75) is 32.7 Å². The fraction of sp³-hybridized carbons (Fsp3) is 0.348. The zero-order valence-corrected chi connectivity index (χ0v) is 19.3. The van der Waals surface area contributed by atoms with Crippen molar-refractivity contribution >= 4 is 46.6 Å². The van der Waals surface area contributed by atoms with Gasteiger partial charge in [-0.25, -0.2) is 5.01 Å².